The fraction of sp³-hybridized carbons (Fsp3) is 0.400. The first-order valence-corrected chi connectivity index (χ1v) is 12.8. The van der Waals surface area contributed by atoms with Crippen LogP contribution in [0.4, 0.5) is 10.1 Å². The number of aliphatic hydroxyl groups is 1. The van der Waals surface area contributed by atoms with Crippen LogP contribution in [0.25, 0.3) is 11.1 Å². The molecule has 1 spiro atoms. The number of nitrogens with zero attached hydrogens (tertiary/aromatic N) is 1. The summed E-state index contributed by atoms with van der Waals surface area (Å²) in [5.41, 5.74) is 12.3. The maximum Gasteiger partial charge on any atom is 0.124 e. The number of hydrogen-bond acceptors (Lipinski definition) is 4. The molecular weight excluding hydrogens is 439 g/mol. The second kappa shape index (κ2) is 10.00. The van der Waals surface area contributed by atoms with Crippen molar-refractivity contribution in [1.82, 2.24) is 0 Å². The maximum atomic E-state index is 14.5. The molecule has 3 aromatic rings. The lowest BCUT2D eigenvalue weighted by atomic mass is 9.92. The number of anilines is 1. The van der Waals surface area contributed by atoms with E-state index in [1.165, 1.54) is 37.3 Å². The van der Waals surface area contributed by atoms with Gasteiger partial charge in [0.2, 0.25) is 0 Å². The van der Waals surface area contributed by atoms with Gasteiger partial charge in [-0.25, -0.2) is 4.39 Å². The molecule has 1 saturated carbocycles. The van der Waals surface area contributed by atoms with Crippen LogP contribution in [-0.2, 0) is 13.0 Å². The second-order valence-corrected chi connectivity index (χ2v) is 10.2. The van der Waals surface area contributed by atoms with Gasteiger partial charge in [-0.3, -0.25) is 0 Å². The Labute approximate surface area is 207 Å². The van der Waals surface area contributed by atoms with Crippen molar-refractivity contribution in [2.24, 2.45) is 11.1 Å². The Morgan fingerprint density at radius 3 is 2.46 bits per heavy atom. The largest absolute Gasteiger partial charge is 0.489 e. The predicted octanol–water partition coefficient (Wildman–Crippen LogP) is 6.01. The molecule has 2 aliphatic rings. The minimum absolute atomic E-state index is 0.228. The summed E-state index contributed by atoms with van der Waals surface area (Å²) in [4.78, 5) is 2.45. The van der Waals surface area contributed by atoms with E-state index in [2.05, 4.69) is 36.1 Å². The van der Waals surface area contributed by atoms with E-state index in [4.69, 9.17) is 10.5 Å². The Morgan fingerprint density at radius 2 is 1.74 bits per heavy atom. The molecule has 1 aliphatic carbocycles. The van der Waals surface area contributed by atoms with Gasteiger partial charge in [-0.2, -0.15) is 0 Å². The molecule has 0 bridgehead atoms. The monoisotopic (exact) mass is 474 g/mol. The van der Waals surface area contributed by atoms with Crippen LogP contribution in [0.15, 0.2) is 60.7 Å². The molecule has 184 valence electrons. The van der Waals surface area contributed by atoms with Crippen LogP contribution in [0.2, 0.25) is 0 Å². The van der Waals surface area contributed by atoms with Gasteiger partial charge in [-0.15, -0.1) is 0 Å². The molecule has 1 saturated heterocycles. The van der Waals surface area contributed by atoms with Crippen molar-refractivity contribution in [1.29, 1.82) is 0 Å². The Hall–Kier alpha value is -2.89. The zero-order valence-corrected chi connectivity index (χ0v) is 20.5. The molecule has 1 aliphatic heterocycles. The van der Waals surface area contributed by atoms with Gasteiger partial charge >= 0.3 is 0 Å². The summed E-state index contributed by atoms with van der Waals surface area (Å²) in [6.45, 7) is 4.43. The number of aliphatic hydroxyl groups excluding tert-OH is 1. The molecule has 35 heavy (non-hydrogen) atoms. The lowest BCUT2D eigenvalue weighted by Crippen LogP contribution is -2.34. The quantitative estimate of drug-likeness (QED) is 0.420. The third-order valence-electron chi connectivity index (χ3n) is 7.75. The van der Waals surface area contributed by atoms with Crippen molar-refractivity contribution in [2.45, 2.75) is 51.7 Å². The molecule has 0 unspecified atom stereocenters. The van der Waals surface area contributed by atoms with Gasteiger partial charge in [0, 0.05) is 18.8 Å². The molecule has 2 fully saturated rings. The van der Waals surface area contributed by atoms with Gasteiger partial charge < -0.3 is 20.5 Å². The molecule has 0 amide bonds. The standard InChI is InChI=1S/C30H35FN2O2/c1-2-22-5-3-4-6-29(22)35-20-21-13-23(24-15-25(28(32)19-34)17-26(31)16-24)18-27(14-21)33-11-9-30(7-8-30)10-12-33/h3-6,13-18,28,34H,2,7-12,19-20,32H2,1H3/t28-/m1/s1. The van der Waals surface area contributed by atoms with E-state index in [0.29, 0.717) is 17.6 Å². The fourth-order valence-electron chi connectivity index (χ4n) is 5.22. The lowest BCUT2D eigenvalue weighted by Gasteiger charge is -2.34. The average Bonchev–Trinajstić information content (AvgIpc) is 3.65. The second-order valence-electron chi connectivity index (χ2n) is 10.2. The van der Waals surface area contributed by atoms with Gasteiger partial charge in [0.05, 0.1) is 12.6 Å². The van der Waals surface area contributed by atoms with Gasteiger partial charge in [0.15, 0.2) is 0 Å². The van der Waals surface area contributed by atoms with Crippen LogP contribution in [0.1, 0.15) is 55.3 Å². The number of halogens is 1. The number of hydrogen-bond donors (Lipinski definition) is 2. The Kier molecular flexibility index (Phi) is 6.81. The highest BCUT2D eigenvalue weighted by atomic mass is 19.1. The number of ether oxygens (including phenoxy) is 1. The number of benzene rings is 3. The van der Waals surface area contributed by atoms with Crippen molar-refractivity contribution in [3.05, 3.63) is 83.2 Å². The van der Waals surface area contributed by atoms with E-state index in [0.717, 1.165) is 47.6 Å². The normalized spacial score (nSPS) is 17.4. The Balaban J connectivity index is 1.48. The molecule has 5 heteroatoms. The minimum Gasteiger partial charge on any atom is -0.489 e. The van der Waals surface area contributed by atoms with Crippen LogP contribution in [0.3, 0.4) is 0 Å². The summed E-state index contributed by atoms with van der Waals surface area (Å²) >= 11 is 0. The Morgan fingerprint density at radius 1 is 1.00 bits per heavy atom. The highest BCUT2D eigenvalue weighted by molar-refractivity contribution is 5.71. The molecule has 0 radical (unpaired) electrons. The molecule has 4 nitrogen and oxygen atoms in total. The van der Waals surface area contributed by atoms with E-state index < -0.39 is 6.04 Å². The highest BCUT2D eigenvalue weighted by Crippen LogP contribution is 2.54. The van der Waals surface area contributed by atoms with Gasteiger partial charge in [-0.05, 0) is 108 Å². The van der Waals surface area contributed by atoms with Gasteiger partial charge in [0.25, 0.3) is 0 Å². The summed E-state index contributed by atoms with van der Waals surface area (Å²) in [6, 6.07) is 18.8. The van der Waals surface area contributed by atoms with Crippen LogP contribution in [0.5, 0.6) is 5.75 Å². The van der Waals surface area contributed by atoms with Gasteiger partial charge in [-0.1, -0.05) is 25.1 Å². The molecule has 0 aromatic heterocycles. The predicted molar refractivity (Wildman–Crippen MR) is 139 cm³/mol. The van der Waals surface area contributed by atoms with Crippen LogP contribution >= 0.6 is 0 Å². The molecule has 1 atom stereocenters. The zero-order valence-electron chi connectivity index (χ0n) is 20.5. The first-order chi connectivity index (χ1) is 17.0. The van der Waals surface area contributed by atoms with E-state index in [1.54, 1.807) is 6.07 Å². The average molecular weight is 475 g/mol. The van der Waals surface area contributed by atoms with Crippen molar-refractivity contribution in [3.63, 3.8) is 0 Å². The van der Waals surface area contributed by atoms with Crippen molar-refractivity contribution >= 4 is 5.69 Å². The van der Waals surface area contributed by atoms with Crippen molar-refractivity contribution < 1.29 is 14.2 Å². The third kappa shape index (κ3) is 5.36. The molecule has 3 aromatic carbocycles. The number of nitrogens with two attached hydrogens (primary N) is 1. The number of aryl methyl sites for hydroxylation is 1. The van der Waals surface area contributed by atoms with E-state index in [1.807, 2.05) is 24.3 Å². The summed E-state index contributed by atoms with van der Waals surface area (Å²) in [5.74, 6) is 0.549. The van der Waals surface area contributed by atoms with E-state index in [-0.39, 0.29) is 12.4 Å². The van der Waals surface area contributed by atoms with Crippen molar-refractivity contribution in [3.8, 4) is 16.9 Å². The van der Waals surface area contributed by atoms with E-state index >= 15 is 0 Å². The number of piperidine rings is 1. The number of rotatable bonds is 8. The van der Waals surface area contributed by atoms with Crippen LogP contribution in [-0.4, -0.2) is 24.8 Å². The summed E-state index contributed by atoms with van der Waals surface area (Å²) in [7, 11) is 0. The Bertz CT molecular complexity index is 1180. The summed E-state index contributed by atoms with van der Waals surface area (Å²) in [5, 5.41) is 9.50. The molecule has 5 rings (SSSR count). The van der Waals surface area contributed by atoms with Gasteiger partial charge in [0.1, 0.15) is 18.2 Å². The summed E-state index contributed by atoms with van der Waals surface area (Å²) < 4.78 is 20.8. The van der Waals surface area contributed by atoms with Crippen LogP contribution < -0.4 is 15.4 Å². The lowest BCUT2D eigenvalue weighted by molar-refractivity contribution is 0.268. The topological polar surface area (TPSA) is 58.7 Å². The maximum absolute atomic E-state index is 14.5. The first-order valence-electron chi connectivity index (χ1n) is 12.8. The minimum atomic E-state index is -0.613. The first kappa shape index (κ1) is 23.8. The molecule has 3 N–H and O–H groups in total. The smallest absolute Gasteiger partial charge is 0.124 e. The van der Waals surface area contributed by atoms with Crippen LogP contribution in [0, 0.1) is 11.2 Å². The molecular formula is C30H35FN2O2. The fourth-order valence-corrected chi connectivity index (χ4v) is 5.22. The zero-order chi connectivity index (χ0) is 24.4. The van der Waals surface area contributed by atoms with Crippen molar-refractivity contribution in [2.75, 3.05) is 24.6 Å². The van der Waals surface area contributed by atoms with E-state index in [9.17, 15) is 9.50 Å². The summed E-state index contributed by atoms with van der Waals surface area (Å²) in [6.07, 6.45) is 6.13. The SMILES string of the molecule is CCc1ccccc1OCc1cc(-c2cc(F)cc([C@H](N)CO)c2)cc(N2CCC3(CC2)CC3)c1. The third-order valence-corrected chi connectivity index (χ3v) is 7.75. The number of para-hydroxylation sites is 1. The molecule has 1 heterocycles. The highest BCUT2D eigenvalue weighted by Gasteiger charge is 2.44.